The molecule has 0 spiro atoms. The first-order chi connectivity index (χ1) is 8.25. The number of benzene rings is 1. The van der Waals surface area contributed by atoms with Crippen LogP contribution >= 0.6 is 15.9 Å². The van der Waals surface area contributed by atoms with Crippen LogP contribution < -0.4 is 0 Å². The van der Waals surface area contributed by atoms with E-state index in [1.165, 1.54) is 11.4 Å². The molecule has 1 rings (SSSR count). The zero-order valence-electron chi connectivity index (χ0n) is 10.7. The summed E-state index contributed by atoms with van der Waals surface area (Å²) in [4.78, 5) is 0.233. The molecule has 0 atom stereocenters. The zero-order valence-corrected chi connectivity index (χ0v) is 13.1. The second kappa shape index (κ2) is 5.69. The lowest BCUT2D eigenvalue weighted by Crippen LogP contribution is -2.47. The first-order valence-electron chi connectivity index (χ1n) is 5.50. The molecule has 0 fully saturated rings. The predicted molar refractivity (Wildman–Crippen MR) is 75.2 cm³/mol. The van der Waals surface area contributed by atoms with Gasteiger partial charge in [0.05, 0.1) is 17.0 Å². The largest absolute Gasteiger partial charge is 0.394 e. The average Bonchev–Trinajstić information content (AvgIpc) is 2.37. The Balaban J connectivity index is 3.13. The molecule has 0 saturated heterocycles. The topological polar surface area (TPSA) is 57.6 Å². The summed E-state index contributed by atoms with van der Waals surface area (Å²) in [6, 6.07) is 6.69. The average molecular weight is 336 g/mol. The quantitative estimate of drug-likeness (QED) is 0.837. The molecule has 6 heteroatoms. The van der Waals surface area contributed by atoms with E-state index >= 15 is 0 Å². The van der Waals surface area contributed by atoms with Crippen LogP contribution in [0.5, 0.6) is 0 Å². The molecule has 0 unspecified atom stereocenters. The molecule has 1 aromatic rings. The van der Waals surface area contributed by atoms with Crippen molar-refractivity contribution in [2.45, 2.75) is 29.6 Å². The van der Waals surface area contributed by atoms with Gasteiger partial charge in [-0.1, -0.05) is 28.1 Å². The van der Waals surface area contributed by atoms with E-state index in [0.717, 1.165) is 5.56 Å². The van der Waals surface area contributed by atoms with E-state index in [4.69, 9.17) is 0 Å². The SMILES string of the molecule is CN(C(C)(C)CO)S(=O)(=O)c1ccc(CBr)cc1. The monoisotopic (exact) mass is 335 g/mol. The van der Waals surface area contributed by atoms with Crippen molar-refractivity contribution in [3.63, 3.8) is 0 Å². The van der Waals surface area contributed by atoms with Crippen molar-refractivity contribution >= 4 is 26.0 Å². The highest BCUT2D eigenvalue weighted by atomic mass is 79.9. The van der Waals surface area contributed by atoms with Crippen LogP contribution in [-0.4, -0.2) is 37.0 Å². The van der Waals surface area contributed by atoms with Crippen molar-refractivity contribution in [1.82, 2.24) is 4.31 Å². The van der Waals surface area contributed by atoms with Gasteiger partial charge >= 0.3 is 0 Å². The number of rotatable bonds is 5. The first kappa shape index (κ1) is 15.6. The van der Waals surface area contributed by atoms with Gasteiger partial charge < -0.3 is 5.11 Å². The summed E-state index contributed by atoms with van der Waals surface area (Å²) in [5.74, 6) is 0. The van der Waals surface area contributed by atoms with E-state index in [2.05, 4.69) is 15.9 Å². The van der Waals surface area contributed by atoms with Crippen LogP contribution in [-0.2, 0) is 15.4 Å². The second-order valence-corrected chi connectivity index (χ2v) is 7.25. The maximum absolute atomic E-state index is 12.3. The fraction of sp³-hybridized carbons (Fsp3) is 0.500. The molecular formula is C12H18BrNO3S. The number of hydrogen-bond donors (Lipinski definition) is 1. The predicted octanol–water partition coefficient (Wildman–Crippen LogP) is 1.97. The number of aliphatic hydroxyl groups excluding tert-OH is 1. The van der Waals surface area contributed by atoms with Crippen LogP contribution in [0, 0.1) is 0 Å². The summed E-state index contributed by atoms with van der Waals surface area (Å²) in [6.07, 6.45) is 0. The molecule has 0 saturated carbocycles. The highest BCUT2D eigenvalue weighted by Crippen LogP contribution is 2.23. The van der Waals surface area contributed by atoms with E-state index in [-0.39, 0.29) is 11.5 Å². The third-order valence-electron chi connectivity index (χ3n) is 2.98. The number of hydrogen-bond acceptors (Lipinski definition) is 3. The summed E-state index contributed by atoms with van der Waals surface area (Å²) in [6.45, 7) is 3.12. The maximum atomic E-state index is 12.3. The molecule has 18 heavy (non-hydrogen) atoms. The molecule has 1 aromatic carbocycles. The molecule has 0 aliphatic rings. The first-order valence-corrected chi connectivity index (χ1v) is 8.06. The Morgan fingerprint density at radius 3 is 2.17 bits per heavy atom. The number of likely N-dealkylation sites (N-methyl/N-ethyl adjacent to an activating group) is 1. The third kappa shape index (κ3) is 3.12. The van der Waals surface area contributed by atoms with Crippen molar-refractivity contribution in [2.75, 3.05) is 13.7 Å². The van der Waals surface area contributed by atoms with E-state index in [1.54, 1.807) is 38.1 Å². The number of sulfonamides is 1. The Hall–Kier alpha value is -0.430. The second-order valence-electron chi connectivity index (χ2n) is 4.72. The molecular weight excluding hydrogens is 318 g/mol. The van der Waals surface area contributed by atoms with Gasteiger partial charge in [-0.25, -0.2) is 8.42 Å². The molecule has 4 nitrogen and oxygen atoms in total. The lowest BCUT2D eigenvalue weighted by atomic mass is 10.1. The van der Waals surface area contributed by atoms with Crippen LogP contribution in [0.25, 0.3) is 0 Å². The number of aliphatic hydroxyl groups is 1. The van der Waals surface area contributed by atoms with Crippen molar-refractivity contribution in [2.24, 2.45) is 0 Å². The normalized spacial score (nSPS) is 13.0. The highest BCUT2D eigenvalue weighted by Gasteiger charge is 2.33. The minimum Gasteiger partial charge on any atom is -0.394 e. The van der Waals surface area contributed by atoms with Gasteiger partial charge in [0, 0.05) is 12.4 Å². The maximum Gasteiger partial charge on any atom is 0.243 e. The van der Waals surface area contributed by atoms with Gasteiger partial charge in [0.2, 0.25) is 10.0 Å². The Morgan fingerprint density at radius 1 is 1.28 bits per heavy atom. The fourth-order valence-corrected chi connectivity index (χ4v) is 3.21. The molecule has 0 amide bonds. The van der Waals surface area contributed by atoms with E-state index in [0.29, 0.717) is 5.33 Å². The summed E-state index contributed by atoms with van der Waals surface area (Å²) in [7, 11) is -2.10. The Bertz CT molecular complexity index is 497. The van der Waals surface area contributed by atoms with Crippen LogP contribution in [0.3, 0.4) is 0 Å². The summed E-state index contributed by atoms with van der Waals surface area (Å²) in [5, 5.41) is 9.93. The van der Waals surface area contributed by atoms with Crippen LogP contribution in [0.15, 0.2) is 29.2 Å². The molecule has 0 radical (unpaired) electrons. The lowest BCUT2D eigenvalue weighted by molar-refractivity contribution is 0.138. The van der Waals surface area contributed by atoms with E-state index in [1.807, 2.05) is 0 Å². The summed E-state index contributed by atoms with van der Waals surface area (Å²) >= 11 is 3.31. The van der Waals surface area contributed by atoms with Crippen LogP contribution in [0.1, 0.15) is 19.4 Å². The summed E-state index contributed by atoms with van der Waals surface area (Å²) < 4.78 is 25.9. The molecule has 102 valence electrons. The van der Waals surface area contributed by atoms with Gasteiger partial charge in [0.25, 0.3) is 0 Å². The van der Waals surface area contributed by atoms with Gasteiger partial charge in [0.15, 0.2) is 0 Å². The standard InChI is InChI=1S/C12H18BrNO3S/c1-12(2,9-15)14(3)18(16,17)11-6-4-10(8-13)5-7-11/h4-7,15H,8-9H2,1-3H3. The molecule has 0 aliphatic carbocycles. The van der Waals surface area contributed by atoms with Crippen molar-refractivity contribution < 1.29 is 13.5 Å². The molecule has 0 aliphatic heterocycles. The molecule has 0 bridgehead atoms. The van der Waals surface area contributed by atoms with Gasteiger partial charge in [-0.15, -0.1) is 0 Å². The Morgan fingerprint density at radius 2 is 1.78 bits per heavy atom. The Kier molecular flexibility index (Phi) is 4.94. The smallest absolute Gasteiger partial charge is 0.243 e. The number of nitrogens with zero attached hydrogens (tertiary/aromatic N) is 1. The molecule has 0 heterocycles. The molecule has 0 aromatic heterocycles. The van der Waals surface area contributed by atoms with Gasteiger partial charge in [-0.2, -0.15) is 4.31 Å². The number of alkyl halides is 1. The third-order valence-corrected chi connectivity index (χ3v) is 5.71. The zero-order chi connectivity index (χ0) is 14.0. The van der Waals surface area contributed by atoms with E-state index in [9.17, 15) is 13.5 Å². The van der Waals surface area contributed by atoms with Crippen molar-refractivity contribution in [1.29, 1.82) is 0 Å². The lowest BCUT2D eigenvalue weighted by Gasteiger charge is -2.32. The summed E-state index contributed by atoms with van der Waals surface area (Å²) in [5.41, 5.74) is 0.186. The fourth-order valence-electron chi connectivity index (χ4n) is 1.33. The minimum absolute atomic E-state index is 0.233. The highest BCUT2D eigenvalue weighted by molar-refractivity contribution is 9.08. The minimum atomic E-state index is -3.58. The van der Waals surface area contributed by atoms with E-state index < -0.39 is 15.6 Å². The van der Waals surface area contributed by atoms with Gasteiger partial charge in [-0.3, -0.25) is 0 Å². The van der Waals surface area contributed by atoms with Crippen molar-refractivity contribution in [3.05, 3.63) is 29.8 Å². The van der Waals surface area contributed by atoms with Crippen LogP contribution in [0.2, 0.25) is 0 Å². The van der Waals surface area contributed by atoms with Gasteiger partial charge in [0.1, 0.15) is 0 Å². The Labute approximate surface area is 117 Å². The van der Waals surface area contributed by atoms with Crippen molar-refractivity contribution in [3.8, 4) is 0 Å². The van der Waals surface area contributed by atoms with Crippen LogP contribution in [0.4, 0.5) is 0 Å². The molecule has 1 N–H and O–H groups in total. The number of halogens is 1. The van der Waals surface area contributed by atoms with Gasteiger partial charge in [-0.05, 0) is 31.5 Å².